The molecule has 0 heterocycles. The highest BCUT2D eigenvalue weighted by molar-refractivity contribution is 7.92. The van der Waals surface area contributed by atoms with Crippen LogP contribution >= 0.6 is 11.6 Å². The highest BCUT2D eigenvalue weighted by Gasteiger charge is 2.40. The van der Waals surface area contributed by atoms with Crippen LogP contribution in [0.3, 0.4) is 0 Å². The van der Waals surface area contributed by atoms with Crippen molar-refractivity contribution in [2.24, 2.45) is 11.8 Å². The molecule has 2 aliphatic rings. The van der Waals surface area contributed by atoms with Crippen molar-refractivity contribution in [1.29, 1.82) is 0 Å². The molecule has 5 nitrogen and oxygen atoms in total. The maximum Gasteiger partial charge on any atom is 0.264 e. The lowest BCUT2D eigenvalue weighted by Crippen LogP contribution is -2.46. The molecule has 2 aliphatic carbocycles. The van der Waals surface area contributed by atoms with Gasteiger partial charge in [0.15, 0.2) is 0 Å². The number of nitrogens with zero attached hydrogens (tertiary/aromatic N) is 1. The summed E-state index contributed by atoms with van der Waals surface area (Å²) in [6.07, 6.45) is 4.55. The van der Waals surface area contributed by atoms with Gasteiger partial charge in [-0.3, -0.25) is 9.10 Å². The third-order valence-electron chi connectivity index (χ3n) is 6.10. The Morgan fingerprint density at radius 2 is 1.83 bits per heavy atom. The lowest BCUT2D eigenvalue weighted by Gasteiger charge is -2.27. The monoisotopic (exact) mass is 432 g/mol. The van der Waals surface area contributed by atoms with Crippen LogP contribution in [0.25, 0.3) is 0 Å². The molecule has 2 saturated carbocycles. The molecule has 0 aromatic heterocycles. The van der Waals surface area contributed by atoms with Crippen molar-refractivity contribution < 1.29 is 13.2 Å². The highest BCUT2D eigenvalue weighted by Crippen LogP contribution is 2.44. The van der Waals surface area contributed by atoms with Crippen molar-refractivity contribution in [2.45, 2.75) is 43.5 Å². The van der Waals surface area contributed by atoms with Gasteiger partial charge in [-0.05, 0) is 62.3 Å². The minimum atomic E-state index is -3.94. The fraction of sp³-hybridized carbons (Fsp3) is 0.409. The van der Waals surface area contributed by atoms with Gasteiger partial charge < -0.3 is 5.32 Å². The van der Waals surface area contributed by atoms with E-state index in [0.717, 1.165) is 22.7 Å². The number of aryl methyl sites for hydroxylation is 1. The second kappa shape index (κ2) is 8.00. The fourth-order valence-corrected chi connectivity index (χ4v) is 6.32. The lowest BCUT2D eigenvalue weighted by molar-refractivity contribution is -0.120. The molecule has 2 fully saturated rings. The first-order valence-electron chi connectivity index (χ1n) is 9.98. The summed E-state index contributed by atoms with van der Waals surface area (Å²) in [5.41, 5.74) is 1.26. The number of carbonyl (C=O) groups is 1. The van der Waals surface area contributed by atoms with Crippen LogP contribution in [0.2, 0.25) is 5.02 Å². The van der Waals surface area contributed by atoms with Crippen molar-refractivity contribution >= 4 is 33.2 Å². The molecule has 0 saturated heterocycles. The minimum Gasteiger partial charge on any atom is -0.352 e. The predicted octanol–water partition coefficient (Wildman–Crippen LogP) is 4.15. The molecule has 2 aromatic carbocycles. The third-order valence-corrected chi connectivity index (χ3v) is 8.20. The van der Waals surface area contributed by atoms with Gasteiger partial charge >= 0.3 is 0 Å². The Bertz CT molecular complexity index is 1010. The van der Waals surface area contributed by atoms with Crippen molar-refractivity contribution in [3.8, 4) is 0 Å². The van der Waals surface area contributed by atoms with Crippen LogP contribution in [-0.2, 0) is 14.8 Å². The Morgan fingerprint density at radius 3 is 2.45 bits per heavy atom. The number of anilines is 1. The van der Waals surface area contributed by atoms with Gasteiger partial charge in [-0.1, -0.05) is 47.9 Å². The first-order valence-corrected chi connectivity index (χ1v) is 11.8. The summed E-state index contributed by atoms with van der Waals surface area (Å²) in [6.45, 7) is 1.60. The number of halogens is 1. The van der Waals surface area contributed by atoms with E-state index < -0.39 is 10.0 Å². The molecule has 154 valence electrons. The molecule has 0 radical (unpaired) electrons. The summed E-state index contributed by atoms with van der Waals surface area (Å²) in [5, 5.41) is 3.36. The summed E-state index contributed by atoms with van der Waals surface area (Å²) in [6, 6.07) is 13.5. The Morgan fingerprint density at radius 1 is 1.10 bits per heavy atom. The average Bonchev–Trinajstić information content (AvgIpc) is 3.30. The molecular weight excluding hydrogens is 408 g/mol. The maximum absolute atomic E-state index is 13.4. The summed E-state index contributed by atoms with van der Waals surface area (Å²) in [4.78, 5) is 13.0. The van der Waals surface area contributed by atoms with E-state index in [1.54, 1.807) is 48.5 Å². The zero-order valence-electron chi connectivity index (χ0n) is 16.3. The summed E-state index contributed by atoms with van der Waals surface area (Å²) < 4.78 is 27.9. The van der Waals surface area contributed by atoms with E-state index >= 15 is 0 Å². The van der Waals surface area contributed by atoms with E-state index in [2.05, 4.69) is 5.32 Å². The van der Waals surface area contributed by atoms with Gasteiger partial charge in [0.05, 0.1) is 15.6 Å². The predicted molar refractivity (Wildman–Crippen MR) is 115 cm³/mol. The molecule has 1 N–H and O–H groups in total. The first-order chi connectivity index (χ1) is 13.8. The molecule has 2 aromatic rings. The quantitative estimate of drug-likeness (QED) is 0.745. The zero-order valence-corrected chi connectivity index (χ0v) is 17.9. The van der Waals surface area contributed by atoms with Crippen LogP contribution in [0.4, 0.5) is 5.69 Å². The third kappa shape index (κ3) is 4.14. The number of hydrogen-bond donors (Lipinski definition) is 1. The number of fused-ring (bicyclic) bond motifs is 2. The van der Waals surface area contributed by atoms with Gasteiger partial charge in [-0.15, -0.1) is 0 Å². The Hall–Kier alpha value is -2.05. The van der Waals surface area contributed by atoms with Crippen LogP contribution in [0.5, 0.6) is 0 Å². The summed E-state index contributed by atoms with van der Waals surface area (Å²) in [7, 11) is -3.94. The van der Waals surface area contributed by atoms with Crippen molar-refractivity contribution in [3.05, 3.63) is 59.1 Å². The van der Waals surface area contributed by atoms with E-state index in [9.17, 15) is 13.2 Å². The van der Waals surface area contributed by atoms with Crippen molar-refractivity contribution in [3.63, 3.8) is 0 Å². The number of amides is 1. The number of benzene rings is 2. The van der Waals surface area contributed by atoms with E-state index in [-0.39, 0.29) is 28.4 Å². The second-order valence-electron chi connectivity index (χ2n) is 8.13. The SMILES string of the molecule is Cc1ccc(S(=O)(=O)N(CC(=O)N[C@@H]2C[C@H]3CC[C@H]2C3)c2ccccc2Cl)cc1. The Balaban J connectivity index is 1.61. The minimum absolute atomic E-state index is 0.135. The number of nitrogens with one attached hydrogen (secondary N) is 1. The van der Waals surface area contributed by atoms with Crippen LogP contribution in [0.15, 0.2) is 53.4 Å². The molecule has 2 bridgehead atoms. The van der Waals surface area contributed by atoms with E-state index in [1.165, 1.54) is 12.8 Å². The van der Waals surface area contributed by atoms with Crippen LogP contribution in [0.1, 0.15) is 31.2 Å². The molecule has 3 atom stereocenters. The molecule has 0 unspecified atom stereocenters. The number of para-hydroxylation sites is 1. The standard InChI is InChI=1S/C22H25ClN2O3S/c1-15-6-10-18(11-7-15)29(27,28)25(21-5-3-2-4-19(21)23)14-22(26)24-20-13-16-8-9-17(20)12-16/h2-7,10-11,16-17,20H,8-9,12-14H2,1H3,(H,24,26)/t16-,17-,20+/m0/s1. The van der Waals surface area contributed by atoms with Crippen LogP contribution in [-0.4, -0.2) is 26.9 Å². The normalized spacial score (nSPS) is 23.2. The largest absolute Gasteiger partial charge is 0.352 e. The first kappa shape index (κ1) is 20.2. The molecule has 1 amide bonds. The van der Waals surface area contributed by atoms with Crippen molar-refractivity contribution in [2.75, 3.05) is 10.8 Å². The van der Waals surface area contributed by atoms with E-state index in [4.69, 9.17) is 11.6 Å². The number of rotatable bonds is 6. The molecule has 0 aliphatic heterocycles. The summed E-state index contributed by atoms with van der Waals surface area (Å²) >= 11 is 6.31. The Kier molecular flexibility index (Phi) is 5.58. The van der Waals surface area contributed by atoms with Crippen molar-refractivity contribution in [1.82, 2.24) is 5.32 Å². The lowest BCUT2D eigenvalue weighted by atomic mass is 9.95. The molecular formula is C22H25ClN2O3S. The van der Waals surface area contributed by atoms with Crippen LogP contribution in [0, 0.1) is 18.8 Å². The zero-order chi connectivity index (χ0) is 20.6. The molecule has 0 spiro atoms. The topological polar surface area (TPSA) is 66.5 Å². The van der Waals surface area contributed by atoms with Gasteiger partial charge in [0.1, 0.15) is 6.54 Å². The smallest absolute Gasteiger partial charge is 0.264 e. The van der Waals surface area contributed by atoms with E-state index in [1.807, 2.05) is 6.92 Å². The van der Waals surface area contributed by atoms with Gasteiger partial charge in [0.2, 0.25) is 5.91 Å². The Labute approximate surface area is 177 Å². The maximum atomic E-state index is 13.4. The van der Waals surface area contributed by atoms with E-state index in [0.29, 0.717) is 17.5 Å². The average molecular weight is 433 g/mol. The highest BCUT2D eigenvalue weighted by atomic mass is 35.5. The molecule has 4 rings (SSSR count). The molecule has 29 heavy (non-hydrogen) atoms. The van der Waals surface area contributed by atoms with Gasteiger partial charge in [0, 0.05) is 6.04 Å². The number of sulfonamides is 1. The summed E-state index contributed by atoms with van der Waals surface area (Å²) in [5.74, 6) is 0.922. The van der Waals surface area contributed by atoms with Crippen LogP contribution < -0.4 is 9.62 Å². The van der Waals surface area contributed by atoms with Gasteiger partial charge in [-0.2, -0.15) is 0 Å². The second-order valence-corrected chi connectivity index (χ2v) is 10.4. The number of carbonyl (C=O) groups excluding carboxylic acids is 1. The van der Waals surface area contributed by atoms with Gasteiger partial charge in [0.25, 0.3) is 10.0 Å². The number of hydrogen-bond acceptors (Lipinski definition) is 3. The van der Waals surface area contributed by atoms with Gasteiger partial charge in [-0.25, -0.2) is 8.42 Å². The molecule has 7 heteroatoms. The fourth-order valence-electron chi connectivity index (χ4n) is 4.60.